The molecule has 4 rings (SSSR count). The van der Waals surface area contributed by atoms with Crippen LogP contribution in [-0.2, 0) is 4.74 Å². The molecule has 18 heavy (non-hydrogen) atoms. The van der Waals surface area contributed by atoms with Gasteiger partial charge in [0.05, 0.1) is 12.2 Å². The van der Waals surface area contributed by atoms with E-state index in [9.17, 15) is 0 Å². The first-order chi connectivity index (χ1) is 8.90. The maximum atomic E-state index is 5.88. The summed E-state index contributed by atoms with van der Waals surface area (Å²) in [4.78, 5) is 0. The highest BCUT2D eigenvalue weighted by Crippen LogP contribution is 2.38. The Morgan fingerprint density at radius 3 is 2.78 bits per heavy atom. The number of benzene rings is 2. The highest BCUT2D eigenvalue weighted by molar-refractivity contribution is 5.94. The molecule has 0 spiro atoms. The molecule has 0 aromatic heterocycles. The van der Waals surface area contributed by atoms with Crippen molar-refractivity contribution < 1.29 is 4.74 Å². The number of fused-ring (bicyclic) bond motifs is 3. The summed E-state index contributed by atoms with van der Waals surface area (Å²) in [5, 5.41) is 2.70. The van der Waals surface area contributed by atoms with Crippen LogP contribution in [0.3, 0.4) is 0 Å². The van der Waals surface area contributed by atoms with Crippen LogP contribution in [0, 0.1) is 0 Å². The number of hydrogen-bond acceptors (Lipinski definition) is 1. The number of ether oxygens (including phenoxy) is 1. The third-order valence-corrected chi connectivity index (χ3v) is 4.11. The molecule has 2 aliphatic heterocycles. The summed E-state index contributed by atoms with van der Waals surface area (Å²) in [7, 11) is 0. The molecule has 2 aromatic carbocycles. The molecule has 0 aliphatic carbocycles. The van der Waals surface area contributed by atoms with E-state index in [0.29, 0.717) is 12.2 Å². The minimum Gasteiger partial charge on any atom is -0.371 e. The van der Waals surface area contributed by atoms with Gasteiger partial charge in [-0.15, -0.1) is 0 Å². The maximum absolute atomic E-state index is 5.88. The standard InChI is InChI=1S/C17H16O/c1-2-6-16-12(4-1)5-3-7-17(16)13-10-14-8-9-15(11-13)18-14/h1-7,10,14-15H,8-9,11H2. The first kappa shape index (κ1) is 10.3. The molecule has 2 aliphatic rings. The summed E-state index contributed by atoms with van der Waals surface area (Å²) < 4.78 is 5.88. The van der Waals surface area contributed by atoms with Gasteiger partial charge in [-0.05, 0) is 41.2 Å². The third-order valence-electron chi connectivity index (χ3n) is 4.11. The summed E-state index contributed by atoms with van der Waals surface area (Å²) in [6.45, 7) is 0. The Labute approximate surface area is 107 Å². The molecule has 0 amide bonds. The molecule has 1 saturated heterocycles. The van der Waals surface area contributed by atoms with E-state index in [2.05, 4.69) is 48.5 Å². The Bertz CT molecular complexity index is 621. The summed E-state index contributed by atoms with van der Waals surface area (Å²) >= 11 is 0. The minimum atomic E-state index is 0.359. The lowest BCUT2D eigenvalue weighted by atomic mass is 9.93. The summed E-state index contributed by atoms with van der Waals surface area (Å²) in [6.07, 6.45) is 6.64. The fraction of sp³-hybridized carbons (Fsp3) is 0.294. The molecule has 2 heterocycles. The van der Waals surface area contributed by atoms with Gasteiger partial charge in [-0.1, -0.05) is 48.5 Å². The maximum Gasteiger partial charge on any atom is 0.0766 e. The van der Waals surface area contributed by atoms with E-state index in [1.54, 1.807) is 0 Å². The van der Waals surface area contributed by atoms with Crippen LogP contribution in [0.25, 0.3) is 16.3 Å². The minimum absolute atomic E-state index is 0.359. The van der Waals surface area contributed by atoms with Crippen LogP contribution in [0.5, 0.6) is 0 Å². The molecular formula is C17H16O. The summed E-state index contributed by atoms with van der Waals surface area (Å²) in [6, 6.07) is 15.2. The van der Waals surface area contributed by atoms with Crippen molar-refractivity contribution in [2.45, 2.75) is 31.5 Å². The van der Waals surface area contributed by atoms with Gasteiger partial charge in [0.25, 0.3) is 0 Å². The van der Waals surface area contributed by atoms with Crippen molar-refractivity contribution in [2.75, 3.05) is 0 Å². The lowest BCUT2D eigenvalue weighted by Crippen LogP contribution is -2.15. The zero-order chi connectivity index (χ0) is 11.9. The summed E-state index contributed by atoms with van der Waals surface area (Å²) in [5.74, 6) is 0. The lowest BCUT2D eigenvalue weighted by Gasteiger charge is -2.21. The van der Waals surface area contributed by atoms with Crippen LogP contribution in [0.15, 0.2) is 48.5 Å². The molecule has 2 unspecified atom stereocenters. The Balaban J connectivity index is 1.88. The molecule has 0 N–H and O–H groups in total. The largest absolute Gasteiger partial charge is 0.371 e. The first-order valence-corrected chi connectivity index (χ1v) is 6.74. The van der Waals surface area contributed by atoms with E-state index in [0.717, 1.165) is 6.42 Å². The Kier molecular flexibility index (Phi) is 2.27. The summed E-state index contributed by atoms with van der Waals surface area (Å²) in [5.41, 5.74) is 2.87. The van der Waals surface area contributed by atoms with Gasteiger partial charge in [0, 0.05) is 0 Å². The first-order valence-electron chi connectivity index (χ1n) is 6.74. The van der Waals surface area contributed by atoms with Crippen molar-refractivity contribution in [3.05, 3.63) is 54.1 Å². The zero-order valence-electron chi connectivity index (χ0n) is 10.3. The van der Waals surface area contributed by atoms with Crippen molar-refractivity contribution >= 4 is 16.3 Å². The second-order valence-electron chi connectivity index (χ2n) is 5.30. The van der Waals surface area contributed by atoms with Crippen molar-refractivity contribution in [1.82, 2.24) is 0 Å². The van der Waals surface area contributed by atoms with Crippen molar-refractivity contribution in [3.63, 3.8) is 0 Å². The molecule has 1 nitrogen and oxygen atoms in total. The van der Waals surface area contributed by atoms with Crippen molar-refractivity contribution in [1.29, 1.82) is 0 Å². The fourth-order valence-electron chi connectivity index (χ4n) is 3.25. The quantitative estimate of drug-likeness (QED) is 0.722. The SMILES string of the molecule is C1=C(c2cccc3ccccc23)CC2CCC1O2. The molecule has 0 saturated carbocycles. The molecule has 1 fully saturated rings. The van der Waals surface area contributed by atoms with E-state index in [4.69, 9.17) is 4.74 Å². The second kappa shape index (κ2) is 3.96. The average molecular weight is 236 g/mol. The highest BCUT2D eigenvalue weighted by atomic mass is 16.5. The van der Waals surface area contributed by atoms with Crippen LogP contribution in [0.2, 0.25) is 0 Å². The van der Waals surface area contributed by atoms with E-state index < -0.39 is 0 Å². The lowest BCUT2D eigenvalue weighted by molar-refractivity contribution is 0.0672. The third kappa shape index (κ3) is 1.58. The van der Waals surface area contributed by atoms with Crippen LogP contribution < -0.4 is 0 Å². The van der Waals surface area contributed by atoms with Crippen molar-refractivity contribution in [2.24, 2.45) is 0 Å². The molecular weight excluding hydrogens is 220 g/mol. The van der Waals surface area contributed by atoms with Gasteiger partial charge >= 0.3 is 0 Å². The van der Waals surface area contributed by atoms with E-state index in [-0.39, 0.29) is 0 Å². The van der Waals surface area contributed by atoms with Crippen LogP contribution in [0.1, 0.15) is 24.8 Å². The van der Waals surface area contributed by atoms with E-state index in [1.807, 2.05) is 0 Å². The normalized spacial score (nSPS) is 26.3. The predicted octanol–water partition coefficient (Wildman–Crippen LogP) is 4.17. The van der Waals surface area contributed by atoms with Crippen LogP contribution in [-0.4, -0.2) is 12.2 Å². The molecule has 0 radical (unpaired) electrons. The highest BCUT2D eigenvalue weighted by Gasteiger charge is 2.30. The van der Waals surface area contributed by atoms with Gasteiger partial charge in [-0.2, -0.15) is 0 Å². The Hall–Kier alpha value is -1.60. The van der Waals surface area contributed by atoms with Gasteiger partial charge in [-0.25, -0.2) is 0 Å². The topological polar surface area (TPSA) is 9.23 Å². The molecule has 90 valence electrons. The number of rotatable bonds is 1. The fourth-order valence-corrected chi connectivity index (χ4v) is 3.25. The van der Waals surface area contributed by atoms with Gasteiger partial charge in [0.2, 0.25) is 0 Å². The van der Waals surface area contributed by atoms with Gasteiger partial charge in [-0.3, -0.25) is 0 Å². The van der Waals surface area contributed by atoms with E-state index in [1.165, 1.54) is 34.8 Å². The number of hydrogen-bond donors (Lipinski definition) is 0. The second-order valence-corrected chi connectivity index (χ2v) is 5.30. The van der Waals surface area contributed by atoms with Crippen LogP contribution >= 0.6 is 0 Å². The van der Waals surface area contributed by atoms with Crippen LogP contribution in [0.4, 0.5) is 0 Å². The smallest absolute Gasteiger partial charge is 0.0766 e. The van der Waals surface area contributed by atoms with Gasteiger partial charge < -0.3 is 4.74 Å². The van der Waals surface area contributed by atoms with Crippen molar-refractivity contribution in [3.8, 4) is 0 Å². The van der Waals surface area contributed by atoms with Gasteiger partial charge in [0.15, 0.2) is 0 Å². The van der Waals surface area contributed by atoms with Gasteiger partial charge in [0.1, 0.15) is 0 Å². The molecule has 2 bridgehead atoms. The monoisotopic (exact) mass is 236 g/mol. The predicted molar refractivity (Wildman–Crippen MR) is 74.4 cm³/mol. The average Bonchev–Trinajstić information content (AvgIpc) is 2.77. The zero-order valence-corrected chi connectivity index (χ0v) is 10.3. The molecule has 1 heteroatoms. The van der Waals surface area contributed by atoms with E-state index >= 15 is 0 Å². The Morgan fingerprint density at radius 2 is 1.83 bits per heavy atom. The molecule has 2 atom stereocenters. The molecule has 2 aromatic rings. The Morgan fingerprint density at radius 1 is 0.944 bits per heavy atom.